The normalized spacial score (nSPS) is 43.0. The van der Waals surface area contributed by atoms with Gasteiger partial charge < -0.3 is 9.47 Å². The molecule has 1 saturated carbocycles. The molecule has 7 rings (SSSR count). The van der Waals surface area contributed by atoms with Gasteiger partial charge in [0.15, 0.2) is 18.1 Å². The van der Waals surface area contributed by atoms with E-state index in [-0.39, 0.29) is 17.8 Å². The number of rotatable bonds is 2. The SMILES string of the molecule is C[C@@H]1[C@@H](n2cc(-c3cc(F)cc(F)c3)nn2)O[C@@H]2O[C@@]3(C)CC[C@H]4[C@H](C)CC[C@@H]1[C@@]24OO3. The van der Waals surface area contributed by atoms with Gasteiger partial charge in [-0.05, 0) is 50.2 Å². The quantitative estimate of drug-likeness (QED) is 0.627. The highest BCUT2D eigenvalue weighted by molar-refractivity contribution is 5.57. The summed E-state index contributed by atoms with van der Waals surface area (Å²) in [6, 6.07) is 3.31. The van der Waals surface area contributed by atoms with Crippen molar-refractivity contribution in [3.05, 3.63) is 36.0 Å². The highest BCUT2D eigenvalue weighted by Crippen LogP contribution is 2.61. The molecule has 1 aliphatic carbocycles. The zero-order valence-corrected chi connectivity index (χ0v) is 18.3. The van der Waals surface area contributed by atoms with Gasteiger partial charge >= 0.3 is 0 Å². The summed E-state index contributed by atoms with van der Waals surface area (Å²) >= 11 is 0. The van der Waals surface area contributed by atoms with Gasteiger partial charge in [0.1, 0.15) is 17.3 Å². The van der Waals surface area contributed by atoms with Gasteiger partial charge in [-0.1, -0.05) is 19.1 Å². The molecule has 5 heterocycles. The molecule has 1 aromatic heterocycles. The predicted octanol–water partition coefficient (Wildman–Crippen LogP) is 4.60. The molecule has 1 aromatic carbocycles. The number of ether oxygens (including phenoxy) is 2. The number of hydrogen-bond donors (Lipinski definition) is 0. The number of hydrogen-bond acceptors (Lipinski definition) is 6. The van der Waals surface area contributed by atoms with Gasteiger partial charge in [0.05, 0.1) is 6.20 Å². The Morgan fingerprint density at radius 2 is 1.81 bits per heavy atom. The van der Waals surface area contributed by atoms with Crippen LogP contribution < -0.4 is 0 Å². The highest BCUT2D eigenvalue weighted by atomic mass is 19.1. The summed E-state index contributed by atoms with van der Waals surface area (Å²) in [5.41, 5.74) is 0.0531. The van der Waals surface area contributed by atoms with Gasteiger partial charge in [-0.3, -0.25) is 0 Å². The summed E-state index contributed by atoms with van der Waals surface area (Å²) in [6.07, 6.45) is 4.40. The van der Waals surface area contributed by atoms with Gasteiger partial charge in [0.2, 0.25) is 5.79 Å². The molecule has 5 fully saturated rings. The van der Waals surface area contributed by atoms with Gasteiger partial charge in [-0.15, -0.1) is 5.10 Å². The summed E-state index contributed by atoms with van der Waals surface area (Å²) < 4.78 is 41.9. The molecule has 4 saturated heterocycles. The summed E-state index contributed by atoms with van der Waals surface area (Å²) in [5, 5.41) is 8.41. The number of benzene rings is 1. The molecule has 5 aliphatic rings. The second kappa shape index (κ2) is 7.03. The van der Waals surface area contributed by atoms with E-state index in [0.717, 1.165) is 31.7 Å². The van der Waals surface area contributed by atoms with E-state index in [1.807, 2.05) is 6.92 Å². The molecular formula is C23H27F2N3O4. The van der Waals surface area contributed by atoms with E-state index in [4.69, 9.17) is 19.2 Å². The predicted molar refractivity (Wildman–Crippen MR) is 107 cm³/mol. The summed E-state index contributed by atoms with van der Waals surface area (Å²) in [7, 11) is 0. The molecule has 0 N–H and O–H groups in total. The lowest BCUT2D eigenvalue weighted by molar-refractivity contribution is -0.574. The van der Waals surface area contributed by atoms with Crippen LogP contribution in [0.25, 0.3) is 11.3 Å². The minimum atomic E-state index is -0.852. The largest absolute Gasteiger partial charge is 0.324 e. The minimum Gasteiger partial charge on any atom is -0.324 e. The van der Waals surface area contributed by atoms with Crippen molar-refractivity contribution in [3.63, 3.8) is 0 Å². The first kappa shape index (κ1) is 20.7. The maximum atomic E-state index is 13.7. The van der Waals surface area contributed by atoms with Crippen molar-refractivity contribution in [1.82, 2.24) is 15.0 Å². The first-order valence-corrected chi connectivity index (χ1v) is 11.4. The average Bonchev–Trinajstić information content (AvgIpc) is 3.12. The molecular weight excluding hydrogens is 420 g/mol. The molecule has 32 heavy (non-hydrogen) atoms. The molecule has 0 radical (unpaired) electrons. The van der Waals surface area contributed by atoms with Crippen molar-refractivity contribution in [2.24, 2.45) is 23.7 Å². The molecule has 0 unspecified atom stereocenters. The zero-order valence-electron chi connectivity index (χ0n) is 18.3. The number of fused-ring (bicyclic) bond motifs is 2. The second-order valence-electron chi connectivity index (χ2n) is 10.0. The van der Waals surface area contributed by atoms with E-state index in [2.05, 4.69) is 24.2 Å². The van der Waals surface area contributed by atoms with Crippen molar-refractivity contribution in [2.45, 2.75) is 70.4 Å². The zero-order chi connectivity index (χ0) is 22.3. The van der Waals surface area contributed by atoms with Crippen LogP contribution in [-0.4, -0.2) is 32.7 Å². The van der Waals surface area contributed by atoms with Gasteiger partial charge in [0.25, 0.3) is 0 Å². The maximum Gasteiger partial charge on any atom is 0.201 e. The third-order valence-corrected chi connectivity index (χ3v) is 8.05. The Hall–Kier alpha value is -1.94. The standard InChI is InChI=1S/C23H27F2N3O4/c1-12-4-5-18-13(2)20(28-11-19(26-27-28)14-8-15(24)10-16(25)9-14)29-21-23(18)17(12)6-7-22(3,30-21)31-32-23/h8-13,17-18,20-21H,4-7H2,1-3H3/t12-,13+,17+,18+,20+,21-,22-,23-/m1/s1. The Morgan fingerprint density at radius 3 is 2.59 bits per heavy atom. The summed E-state index contributed by atoms with van der Waals surface area (Å²) in [6.45, 7) is 6.29. The Balaban J connectivity index is 1.37. The Labute approximate surface area is 184 Å². The van der Waals surface area contributed by atoms with Crippen molar-refractivity contribution in [2.75, 3.05) is 0 Å². The molecule has 2 aromatic rings. The van der Waals surface area contributed by atoms with Crippen molar-refractivity contribution in [3.8, 4) is 11.3 Å². The average molecular weight is 447 g/mol. The van der Waals surface area contributed by atoms with E-state index in [1.54, 1.807) is 10.9 Å². The van der Waals surface area contributed by atoms with Gasteiger partial charge in [0, 0.05) is 29.9 Å². The lowest BCUT2D eigenvalue weighted by Gasteiger charge is -2.60. The molecule has 1 spiro atoms. The Morgan fingerprint density at radius 1 is 1.03 bits per heavy atom. The highest BCUT2D eigenvalue weighted by Gasteiger charge is 2.69. The van der Waals surface area contributed by atoms with Crippen LogP contribution in [0, 0.1) is 35.3 Å². The van der Waals surface area contributed by atoms with E-state index >= 15 is 0 Å². The summed E-state index contributed by atoms with van der Waals surface area (Å²) in [5.74, 6) is -1.22. The maximum absolute atomic E-state index is 13.7. The molecule has 7 nitrogen and oxygen atoms in total. The number of nitrogens with zero attached hydrogens (tertiary/aromatic N) is 3. The smallest absolute Gasteiger partial charge is 0.201 e. The number of halogens is 2. The van der Waals surface area contributed by atoms with Crippen LogP contribution in [0.3, 0.4) is 0 Å². The van der Waals surface area contributed by atoms with Crippen LogP contribution >= 0.6 is 0 Å². The molecule has 8 atom stereocenters. The lowest BCUT2D eigenvalue weighted by Crippen LogP contribution is -2.69. The fraction of sp³-hybridized carbons (Fsp3) is 0.652. The molecule has 2 bridgehead atoms. The fourth-order valence-corrected chi connectivity index (χ4v) is 6.42. The third kappa shape index (κ3) is 2.91. The van der Waals surface area contributed by atoms with E-state index in [0.29, 0.717) is 17.2 Å². The molecule has 172 valence electrons. The lowest BCUT2D eigenvalue weighted by atomic mass is 9.58. The van der Waals surface area contributed by atoms with E-state index < -0.39 is 35.5 Å². The van der Waals surface area contributed by atoms with Crippen molar-refractivity contribution < 1.29 is 28.0 Å². The molecule has 9 heteroatoms. The second-order valence-corrected chi connectivity index (χ2v) is 10.0. The van der Waals surface area contributed by atoms with Gasteiger partial charge in [-0.2, -0.15) is 0 Å². The van der Waals surface area contributed by atoms with Crippen LogP contribution in [-0.2, 0) is 19.2 Å². The van der Waals surface area contributed by atoms with E-state index in [9.17, 15) is 8.78 Å². The molecule has 4 aliphatic heterocycles. The third-order valence-electron chi connectivity index (χ3n) is 8.05. The number of aromatic nitrogens is 3. The van der Waals surface area contributed by atoms with Crippen LogP contribution in [0.5, 0.6) is 0 Å². The van der Waals surface area contributed by atoms with Crippen LogP contribution in [0.15, 0.2) is 24.4 Å². The Kier molecular flexibility index (Phi) is 4.54. The van der Waals surface area contributed by atoms with Crippen LogP contribution in [0.2, 0.25) is 0 Å². The fourth-order valence-electron chi connectivity index (χ4n) is 6.42. The van der Waals surface area contributed by atoms with Crippen LogP contribution in [0.1, 0.15) is 52.7 Å². The molecule has 0 amide bonds. The first-order chi connectivity index (χ1) is 15.3. The van der Waals surface area contributed by atoms with Gasteiger partial charge in [-0.25, -0.2) is 23.2 Å². The first-order valence-electron chi connectivity index (χ1n) is 11.4. The van der Waals surface area contributed by atoms with Crippen molar-refractivity contribution >= 4 is 0 Å². The Bertz CT molecular complexity index is 1030. The monoisotopic (exact) mass is 447 g/mol. The van der Waals surface area contributed by atoms with Crippen LogP contribution in [0.4, 0.5) is 8.78 Å². The topological polar surface area (TPSA) is 67.6 Å². The summed E-state index contributed by atoms with van der Waals surface area (Å²) in [4.78, 5) is 12.0. The van der Waals surface area contributed by atoms with E-state index in [1.165, 1.54) is 12.1 Å². The minimum absolute atomic E-state index is 0.0368. The van der Waals surface area contributed by atoms with Crippen molar-refractivity contribution in [1.29, 1.82) is 0 Å².